The summed E-state index contributed by atoms with van der Waals surface area (Å²) in [4.78, 5) is 2.28. The maximum absolute atomic E-state index is 11.2. The summed E-state index contributed by atoms with van der Waals surface area (Å²) in [6.45, 7) is 4.38. The molecule has 0 bridgehead atoms. The quantitative estimate of drug-likeness (QED) is 0.771. The van der Waals surface area contributed by atoms with E-state index in [0.29, 0.717) is 6.54 Å². The molecule has 5 nitrogen and oxygen atoms in total. The van der Waals surface area contributed by atoms with Crippen molar-refractivity contribution in [3.05, 3.63) is 24.3 Å². The van der Waals surface area contributed by atoms with Crippen LogP contribution in [0.4, 0.5) is 5.69 Å². The van der Waals surface area contributed by atoms with Crippen molar-refractivity contribution >= 4 is 15.7 Å². The van der Waals surface area contributed by atoms with E-state index in [1.54, 1.807) is 12.1 Å². The fraction of sp³-hybridized carbons (Fsp3) is 0.500. The monoisotopic (exact) mass is 271 g/mol. The van der Waals surface area contributed by atoms with Crippen molar-refractivity contribution in [1.82, 2.24) is 0 Å². The summed E-state index contributed by atoms with van der Waals surface area (Å²) in [5, 5.41) is 5.06. The highest BCUT2D eigenvalue weighted by atomic mass is 32.2. The van der Waals surface area contributed by atoms with Crippen LogP contribution in [0.5, 0.6) is 0 Å². The summed E-state index contributed by atoms with van der Waals surface area (Å²) in [5.41, 5.74) is 6.55. The molecule has 18 heavy (non-hydrogen) atoms. The van der Waals surface area contributed by atoms with Gasteiger partial charge in [-0.3, -0.25) is 0 Å². The Morgan fingerprint density at radius 2 is 1.78 bits per heavy atom. The topological polar surface area (TPSA) is 89.4 Å². The molecule has 0 aliphatic carbocycles. The predicted molar refractivity (Wildman–Crippen MR) is 74.0 cm³/mol. The summed E-state index contributed by atoms with van der Waals surface area (Å²) in [7, 11) is -3.62. The first-order valence-corrected chi connectivity index (χ1v) is 7.61. The highest BCUT2D eigenvalue weighted by molar-refractivity contribution is 7.89. The van der Waals surface area contributed by atoms with Gasteiger partial charge in [0.05, 0.1) is 4.90 Å². The van der Waals surface area contributed by atoms with Gasteiger partial charge in [0.15, 0.2) is 0 Å². The Kier molecular flexibility index (Phi) is 5.58. The number of sulfonamides is 1. The van der Waals surface area contributed by atoms with Gasteiger partial charge >= 0.3 is 0 Å². The Labute approximate surface area is 109 Å². The zero-order valence-corrected chi connectivity index (χ0v) is 11.5. The smallest absolute Gasteiger partial charge is 0.238 e. The Balaban J connectivity index is 2.86. The fourth-order valence-corrected chi connectivity index (χ4v) is 2.24. The number of nitrogens with two attached hydrogens (primary N) is 2. The average molecular weight is 271 g/mol. The van der Waals surface area contributed by atoms with E-state index in [0.717, 1.165) is 31.6 Å². The molecule has 0 aliphatic rings. The lowest BCUT2D eigenvalue weighted by Gasteiger charge is -2.24. The average Bonchev–Trinajstić information content (AvgIpc) is 2.33. The molecule has 0 radical (unpaired) electrons. The fourth-order valence-electron chi connectivity index (χ4n) is 1.72. The molecule has 0 aromatic heterocycles. The number of nitrogens with zero attached hydrogens (tertiary/aromatic N) is 1. The first kappa shape index (κ1) is 14.9. The summed E-state index contributed by atoms with van der Waals surface area (Å²) in [6, 6.07) is 6.59. The molecule has 0 aliphatic heterocycles. The molecular formula is C12H21N3O2S. The minimum atomic E-state index is -3.62. The lowest BCUT2D eigenvalue weighted by molar-refractivity contribution is 0.598. The van der Waals surface area contributed by atoms with Crippen molar-refractivity contribution in [1.29, 1.82) is 0 Å². The Morgan fingerprint density at radius 1 is 1.17 bits per heavy atom. The van der Waals surface area contributed by atoms with Gasteiger partial charge in [-0.2, -0.15) is 0 Å². The van der Waals surface area contributed by atoms with Crippen LogP contribution in [0.3, 0.4) is 0 Å². The second-order valence-electron chi connectivity index (χ2n) is 4.17. The normalized spacial score (nSPS) is 11.5. The zero-order chi connectivity index (χ0) is 13.6. The molecule has 0 saturated heterocycles. The van der Waals surface area contributed by atoms with E-state index >= 15 is 0 Å². The van der Waals surface area contributed by atoms with Gasteiger partial charge in [-0.05, 0) is 30.7 Å². The molecule has 0 atom stereocenters. The van der Waals surface area contributed by atoms with Gasteiger partial charge < -0.3 is 10.6 Å². The second-order valence-corrected chi connectivity index (χ2v) is 5.73. The molecule has 6 heteroatoms. The number of unbranched alkanes of at least 4 members (excludes halogenated alkanes) is 1. The van der Waals surface area contributed by atoms with Gasteiger partial charge in [0.2, 0.25) is 10.0 Å². The minimum Gasteiger partial charge on any atom is -0.370 e. The number of anilines is 1. The van der Waals surface area contributed by atoms with Crippen LogP contribution in [0.25, 0.3) is 0 Å². The third-order valence-electron chi connectivity index (χ3n) is 2.71. The van der Waals surface area contributed by atoms with Gasteiger partial charge in [-0.15, -0.1) is 0 Å². The van der Waals surface area contributed by atoms with E-state index in [1.807, 2.05) is 0 Å². The molecule has 1 rings (SSSR count). The lowest BCUT2D eigenvalue weighted by Crippen LogP contribution is -2.30. The molecule has 0 unspecified atom stereocenters. The van der Waals surface area contributed by atoms with Crippen LogP contribution in [0.15, 0.2) is 29.2 Å². The van der Waals surface area contributed by atoms with E-state index in [9.17, 15) is 8.42 Å². The molecule has 0 saturated carbocycles. The maximum atomic E-state index is 11.2. The number of primary sulfonamides is 1. The second kappa shape index (κ2) is 6.72. The van der Waals surface area contributed by atoms with Gasteiger partial charge in [0.25, 0.3) is 0 Å². The number of benzene rings is 1. The van der Waals surface area contributed by atoms with E-state index in [2.05, 4.69) is 11.8 Å². The van der Waals surface area contributed by atoms with Crippen molar-refractivity contribution in [2.24, 2.45) is 10.9 Å². The van der Waals surface area contributed by atoms with Crippen LogP contribution in [0, 0.1) is 0 Å². The highest BCUT2D eigenvalue weighted by Crippen LogP contribution is 2.17. The SMILES string of the molecule is CCCCN(CCN)c1ccc(S(N)(=O)=O)cc1. The van der Waals surface area contributed by atoms with Crippen molar-refractivity contribution in [3.63, 3.8) is 0 Å². The third-order valence-corrected chi connectivity index (χ3v) is 3.64. The maximum Gasteiger partial charge on any atom is 0.238 e. The summed E-state index contributed by atoms with van der Waals surface area (Å²) in [5.74, 6) is 0. The van der Waals surface area contributed by atoms with Crippen molar-refractivity contribution in [2.45, 2.75) is 24.7 Å². The van der Waals surface area contributed by atoms with Crippen molar-refractivity contribution in [2.75, 3.05) is 24.5 Å². The largest absolute Gasteiger partial charge is 0.370 e. The first-order chi connectivity index (χ1) is 8.49. The van der Waals surface area contributed by atoms with Gasteiger partial charge in [0.1, 0.15) is 0 Å². The molecular weight excluding hydrogens is 250 g/mol. The standard InChI is InChI=1S/C12H21N3O2S/c1-2-3-9-15(10-8-13)11-4-6-12(7-5-11)18(14,16)17/h4-7H,2-3,8-10,13H2,1H3,(H2,14,16,17). The molecule has 4 N–H and O–H groups in total. The van der Waals surface area contributed by atoms with Gasteiger partial charge in [0, 0.05) is 25.3 Å². The van der Waals surface area contributed by atoms with Crippen LogP contribution in [-0.4, -0.2) is 28.1 Å². The van der Waals surface area contributed by atoms with Gasteiger partial charge in [-0.25, -0.2) is 13.6 Å². The molecule has 0 heterocycles. The Bertz CT molecular complexity index is 457. The molecule has 102 valence electrons. The molecule has 1 aromatic carbocycles. The van der Waals surface area contributed by atoms with Crippen LogP contribution in [0.1, 0.15) is 19.8 Å². The Morgan fingerprint density at radius 3 is 2.22 bits per heavy atom. The van der Waals surface area contributed by atoms with Crippen LogP contribution >= 0.6 is 0 Å². The molecule has 0 amide bonds. The van der Waals surface area contributed by atoms with Crippen LogP contribution in [0.2, 0.25) is 0 Å². The molecule has 1 aromatic rings. The zero-order valence-electron chi connectivity index (χ0n) is 10.7. The van der Waals surface area contributed by atoms with Crippen LogP contribution < -0.4 is 15.8 Å². The van der Waals surface area contributed by atoms with Crippen molar-refractivity contribution < 1.29 is 8.42 Å². The van der Waals surface area contributed by atoms with Crippen LogP contribution in [-0.2, 0) is 10.0 Å². The van der Waals surface area contributed by atoms with Crippen molar-refractivity contribution in [3.8, 4) is 0 Å². The first-order valence-electron chi connectivity index (χ1n) is 6.07. The molecule has 0 spiro atoms. The van der Waals surface area contributed by atoms with E-state index in [1.165, 1.54) is 12.1 Å². The summed E-state index contributed by atoms with van der Waals surface area (Å²) >= 11 is 0. The molecule has 0 fully saturated rings. The van der Waals surface area contributed by atoms with E-state index in [4.69, 9.17) is 10.9 Å². The summed E-state index contributed by atoms with van der Waals surface area (Å²) < 4.78 is 22.3. The van der Waals surface area contributed by atoms with E-state index < -0.39 is 10.0 Å². The lowest BCUT2D eigenvalue weighted by atomic mass is 10.2. The number of hydrogen-bond acceptors (Lipinski definition) is 4. The minimum absolute atomic E-state index is 0.134. The summed E-state index contributed by atoms with van der Waals surface area (Å²) in [6.07, 6.45) is 2.19. The Hall–Kier alpha value is -1.11. The predicted octanol–water partition coefficient (Wildman–Crippen LogP) is 0.899. The highest BCUT2D eigenvalue weighted by Gasteiger charge is 2.09. The van der Waals surface area contributed by atoms with Gasteiger partial charge in [-0.1, -0.05) is 13.3 Å². The third kappa shape index (κ3) is 4.29. The number of hydrogen-bond donors (Lipinski definition) is 2. The number of rotatable bonds is 7. The van der Waals surface area contributed by atoms with E-state index in [-0.39, 0.29) is 4.90 Å².